The van der Waals surface area contributed by atoms with Gasteiger partial charge in [-0.25, -0.2) is 0 Å². The molecular weight excluding hydrogens is 302 g/mol. The van der Waals surface area contributed by atoms with Crippen molar-refractivity contribution >= 4 is 5.91 Å². The second-order valence-corrected chi connectivity index (χ2v) is 9.35. The Morgan fingerprint density at radius 2 is 1.83 bits per heavy atom. The standard InChI is InChI=1S/C20H33NO3/c1-2-21(13-15-3-5-24-6-4-15)18(22)12-19-8-16-7-17(9-19)11-20(23,10-16)14-19/h15-17,23H,2-14H2,1H3/t16-,17-,19?,20?/m1/s1. The average Bonchev–Trinajstić information content (AvgIpc) is 2.50. The van der Waals surface area contributed by atoms with Crippen LogP contribution in [0.15, 0.2) is 0 Å². The minimum absolute atomic E-state index is 0.0962. The normalized spacial score (nSPS) is 41.6. The molecule has 1 N–H and O–H groups in total. The van der Waals surface area contributed by atoms with Gasteiger partial charge in [-0.3, -0.25) is 4.79 Å². The largest absolute Gasteiger partial charge is 0.390 e. The summed E-state index contributed by atoms with van der Waals surface area (Å²) in [5, 5.41) is 10.9. The summed E-state index contributed by atoms with van der Waals surface area (Å²) in [6, 6.07) is 0. The second kappa shape index (κ2) is 6.28. The number of ether oxygens (including phenoxy) is 1. The molecule has 4 heteroatoms. The van der Waals surface area contributed by atoms with Crippen LogP contribution in [0.5, 0.6) is 0 Å². The van der Waals surface area contributed by atoms with Crippen LogP contribution in [0.1, 0.15) is 64.7 Å². The maximum Gasteiger partial charge on any atom is 0.223 e. The molecule has 1 heterocycles. The van der Waals surface area contributed by atoms with Gasteiger partial charge in [-0.1, -0.05) is 0 Å². The number of hydrogen-bond donors (Lipinski definition) is 1. The highest BCUT2D eigenvalue weighted by Gasteiger charge is 2.57. The monoisotopic (exact) mass is 335 g/mol. The lowest BCUT2D eigenvalue weighted by atomic mass is 9.47. The molecule has 2 atom stereocenters. The molecule has 0 unspecified atom stereocenters. The Kier molecular flexibility index (Phi) is 4.41. The van der Waals surface area contributed by atoms with Gasteiger partial charge in [-0.05, 0) is 81.5 Å². The Hall–Kier alpha value is -0.610. The summed E-state index contributed by atoms with van der Waals surface area (Å²) in [6.07, 6.45) is 9.30. The van der Waals surface area contributed by atoms with E-state index in [1.165, 1.54) is 19.3 Å². The lowest BCUT2D eigenvalue weighted by molar-refractivity contribution is -0.172. The van der Waals surface area contributed by atoms with Gasteiger partial charge in [0.15, 0.2) is 0 Å². The summed E-state index contributed by atoms with van der Waals surface area (Å²) in [5.41, 5.74) is -0.360. The molecular formula is C20H33NO3. The van der Waals surface area contributed by atoms with Crippen molar-refractivity contribution < 1.29 is 14.6 Å². The summed E-state index contributed by atoms with van der Waals surface area (Å²) in [4.78, 5) is 15.1. The van der Waals surface area contributed by atoms with Gasteiger partial charge in [0.25, 0.3) is 0 Å². The molecule has 4 aliphatic carbocycles. The van der Waals surface area contributed by atoms with E-state index in [-0.39, 0.29) is 5.41 Å². The predicted molar refractivity (Wildman–Crippen MR) is 92.5 cm³/mol. The molecule has 4 bridgehead atoms. The van der Waals surface area contributed by atoms with Crippen LogP contribution < -0.4 is 0 Å². The SMILES string of the molecule is CCN(CC1CCOCC1)C(=O)CC12C[C@H]3C[C@@H](CC(O)(C3)C1)C2. The highest BCUT2D eigenvalue weighted by molar-refractivity contribution is 5.77. The van der Waals surface area contributed by atoms with Crippen molar-refractivity contribution in [3.05, 3.63) is 0 Å². The molecule has 0 spiro atoms. The Morgan fingerprint density at radius 1 is 1.17 bits per heavy atom. The van der Waals surface area contributed by atoms with Gasteiger partial charge in [0.2, 0.25) is 5.91 Å². The molecule has 0 radical (unpaired) electrons. The molecule has 1 saturated heterocycles. The first-order chi connectivity index (χ1) is 11.5. The zero-order valence-electron chi connectivity index (χ0n) is 15.1. The van der Waals surface area contributed by atoms with E-state index in [9.17, 15) is 9.90 Å². The van der Waals surface area contributed by atoms with Gasteiger partial charge in [0.1, 0.15) is 0 Å². The van der Waals surface area contributed by atoms with Crippen LogP contribution in [0.2, 0.25) is 0 Å². The van der Waals surface area contributed by atoms with E-state index in [2.05, 4.69) is 11.8 Å². The fraction of sp³-hybridized carbons (Fsp3) is 0.950. The van der Waals surface area contributed by atoms with Crippen LogP contribution in [0.3, 0.4) is 0 Å². The number of carbonyl (C=O) groups is 1. The Balaban J connectivity index is 1.41. The van der Waals surface area contributed by atoms with Crippen LogP contribution in [0, 0.1) is 23.2 Å². The number of nitrogens with zero attached hydrogens (tertiary/aromatic N) is 1. The first-order valence-electron chi connectivity index (χ1n) is 10.1. The van der Waals surface area contributed by atoms with E-state index < -0.39 is 5.60 Å². The van der Waals surface area contributed by atoms with Crippen molar-refractivity contribution in [3.63, 3.8) is 0 Å². The van der Waals surface area contributed by atoms with Crippen LogP contribution in [0.4, 0.5) is 0 Å². The summed E-state index contributed by atoms with van der Waals surface area (Å²) in [7, 11) is 0. The second-order valence-electron chi connectivity index (χ2n) is 9.35. The average molecular weight is 335 g/mol. The fourth-order valence-electron chi connectivity index (χ4n) is 6.69. The quantitative estimate of drug-likeness (QED) is 0.840. The van der Waals surface area contributed by atoms with Crippen molar-refractivity contribution in [2.45, 2.75) is 70.3 Å². The van der Waals surface area contributed by atoms with Gasteiger partial charge in [0.05, 0.1) is 5.60 Å². The molecule has 24 heavy (non-hydrogen) atoms. The summed E-state index contributed by atoms with van der Waals surface area (Å²) >= 11 is 0. The van der Waals surface area contributed by atoms with Gasteiger partial charge in [0, 0.05) is 32.7 Å². The Labute approximate surface area is 145 Å². The zero-order chi connectivity index (χ0) is 16.8. The molecule has 0 aromatic rings. The van der Waals surface area contributed by atoms with Crippen molar-refractivity contribution in [3.8, 4) is 0 Å². The highest BCUT2D eigenvalue weighted by Crippen LogP contribution is 2.62. The molecule has 1 aliphatic heterocycles. The number of aliphatic hydroxyl groups is 1. The van der Waals surface area contributed by atoms with Crippen molar-refractivity contribution in [2.24, 2.45) is 23.2 Å². The van der Waals surface area contributed by atoms with Gasteiger partial charge < -0.3 is 14.7 Å². The molecule has 0 aromatic carbocycles. The number of amides is 1. The summed E-state index contributed by atoms with van der Waals surface area (Å²) in [5.74, 6) is 2.25. The topological polar surface area (TPSA) is 49.8 Å². The van der Waals surface area contributed by atoms with E-state index in [4.69, 9.17) is 4.74 Å². The minimum atomic E-state index is -0.456. The lowest BCUT2D eigenvalue weighted by Crippen LogP contribution is -2.56. The third-order valence-corrected chi connectivity index (χ3v) is 7.23. The highest BCUT2D eigenvalue weighted by atomic mass is 16.5. The van der Waals surface area contributed by atoms with Crippen LogP contribution in [0.25, 0.3) is 0 Å². The number of carbonyl (C=O) groups excluding carboxylic acids is 1. The number of hydrogen-bond acceptors (Lipinski definition) is 3. The smallest absolute Gasteiger partial charge is 0.223 e. The van der Waals surface area contributed by atoms with E-state index in [1.54, 1.807) is 0 Å². The minimum Gasteiger partial charge on any atom is -0.390 e. The van der Waals surface area contributed by atoms with Crippen molar-refractivity contribution in [2.75, 3.05) is 26.3 Å². The third-order valence-electron chi connectivity index (χ3n) is 7.23. The predicted octanol–water partition coefficient (Wildman–Crippen LogP) is 2.98. The van der Waals surface area contributed by atoms with Gasteiger partial charge >= 0.3 is 0 Å². The molecule has 4 nitrogen and oxygen atoms in total. The first kappa shape index (κ1) is 16.8. The van der Waals surface area contributed by atoms with Crippen LogP contribution >= 0.6 is 0 Å². The molecule has 136 valence electrons. The van der Waals surface area contributed by atoms with Crippen molar-refractivity contribution in [1.82, 2.24) is 4.90 Å². The first-order valence-corrected chi connectivity index (χ1v) is 10.1. The fourth-order valence-corrected chi connectivity index (χ4v) is 6.69. The third kappa shape index (κ3) is 3.24. The zero-order valence-corrected chi connectivity index (χ0v) is 15.1. The summed E-state index contributed by atoms with van der Waals surface area (Å²) < 4.78 is 5.45. The molecule has 5 rings (SSSR count). The summed E-state index contributed by atoms with van der Waals surface area (Å²) in [6.45, 7) is 5.49. The van der Waals surface area contributed by atoms with Gasteiger partial charge in [-0.2, -0.15) is 0 Å². The Bertz CT molecular complexity index is 471. The van der Waals surface area contributed by atoms with E-state index in [0.29, 0.717) is 30.1 Å². The van der Waals surface area contributed by atoms with E-state index >= 15 is 0 Å². The maximum atomic E-state index is 13.0. The van der Waals surface area contributed by atoms with E-state index in [0.717, 1.165) is 58.4 Å². The van der Waals surface area contributed by atoms with Crippen LogP contribution in [-0.2, 0) is 9.53 Å². The Morgan fingerprint density at radius 3 is 2.42 bits per heavy atom. The van der Waals surface area contributed by atoms with Crippen molar-refractivity contribution in [1.29, 1.82) is 0 Å². The molecule has 5 aliphatic rings. The molecule has 4 saturated carbocycles. The maximum absolute atomic E-state index is 13.0. The lowest BCUT2D eigenvalue weighted by Gasteiger charge is -2.60. The molecule has 0 aromatic heterocycles. The van der Waals surface area contributed by atoms with Gasteiger partial charge in [-0.15, -0.1) is 0 Å². The number of rotatable bonds is 5. The molecule has 5 fully saturated rings. The van der Waals surface area contributed by atoms with Crippen LogP contribution in [-0.4, -0.2) is 47.8 Å². The van der Waals surface area contributed by atoms with E-state index in [1.807, 2.05) is 0 Å². The molecule has 1 amide bonds.